The van der Waals surface area contributed by atoms with Gasteiger partial charge in [0.25, 0.3) is 0 Å². The van der Waals surface area contributed by atoms with E-state index in [4.69, 9.17) is 9.47 Å². The Balaban J connectivity index is 1.38. The normalized spacial score (nSPS) is 22.0. The molecule has 21 heavy (non-hydrogen) atoms. The molecule has 5 heteroatoms. The Bertz CT molecular complexity index is 444. The van der Waals surface area contributed by atoms with Crippen molar-refractivity contribution < 1.29 is 9.47 Å². The second-order valence-electron chi connectivity index (χ2n) is 5.74. The van der Waals surface area contributed by atoms with Gasteiger partial charge in [0.15, 0.2) is 6.29 Å². The Kier molecular flexibility index (Phi) is 5.52. The van der Waals surface area contributed by atoms with Gasteiger partial charge in [0.05, 0.1) is 18.2 Å². The fraction of sp³-hybridized carbons (Fsp3) is 0.688. The highest BCUT2D eigenvalue weighted by Gasteiger charge is 2.22. The maximum atomic E-state index is 5.49. The van der Waals surface area contributed by atoms with Crippen molar-refractivity contribution in [2.45, 2.75) is 42.8 Å². The summed E-state index contributed by atoms with van der Waals surface area (Å²) in [6.07, 6.45) is 3.52. The molecule has 2 aliphatic heterocycles. The first-order valence-corrected chi connectivity index (χ1v) is 8.73. The lowest BCUT2D eigenvalue weighted by molar-refractivity contribution is -0.0521. The van der Waals surface area contributed by atoms with Gasteiger partial charge in [-0.3, -0.25) is 0 Å². The zero-order valence-electron chi connectivity index (χ0n) is 12.7. The van der Waals surface area contributed by atoms with E-state index in [0.29, 0.717) is 5.25 Å². The molecule has 2 saturated heterocycles. The van der Waals surface area contributed by atoms with Gasteiger partial charge in [0, 0.05) is 23.9 Å². The van der Waals surface area contributed by atoms with Crippen LogP contribution in [0, 0.1) is 6.92 Å². The van der Waals surface area contributed by atoms with Gasteiger partial charge in [-0.05, 0) is 45.0 Å². The largest absolute Gasteiger partial charge is 0.350 e. The quantitative estimate of drug-likeness (QED) is 0.835. The lowest BCUT2D eigenvalue weighted by atomic mass is 10.1. The first-order chi connectivity index (χ1) is 10.3. The van der Waals surface area contributed by atoms with E-state index in [1.165, 1.54) is 31.0 Å². The molecule has 0 bridgehead atoms. The smallest absolute Gasteiger partial charge is 0.159 e. The van der Waals surface area contributed by atoms with Crippen LogP contribution in [0.4, 0.5) is 0 Å². The van der Waals surface area contributed by atoms with E-state index in [0.717, 1.165) is 31.9 Å². The summed E-state index contributed by atoms with van der Waals surface area (Å²) in [5.74, 6) is 0. The Labute approximate surface area is 131 Å². The number of nitrogens with zero attached hydrogens (tertiary/aromatic N) is 2. The molecule has 0 N–H and O–H groups in total. The Hall–Kier alpha value is -0.620. The average molecular weight is 308 g/mol. The van der Waals surface area contributed by atoms with Crippen molar-refractivity contribution in [3.63, 3.8) is 0 Å². The molecule has 0 unspecified atom stereocenters. The molecule has 1 aromatic rings. The molecule has 3 rings (SSSR count). The molecule has 2 aliphatic rings. The molecule has 1 aromatic heterocycles. The van der Waals surface area contributed by atoms with E-state index in [9.17, 15) is 0 Å². The molecular weight excluding hydrogens is 284 g/mol. The van der Waals surface area contributed by atoms with Gasteiger partial charge in [-0.25, -0.2) is 4.98 Å². The predicted octanol–water partition coefficient (Wildman–Crippen LogP) is 2.71. The number of piperidine rings is 1. The minimum atomic E-state index is 0.0357. The van der Waals surface area contributed by atoms with Gasteiger partial charge in [-0.2, -0.15) is 0 Å². The lowest BCUT2D eigenvalue weighted by Crippen LogP contribution is -2.36. The molecular formula is C16H24N2O2S. The number of likely N-dealkylation sites (tertiary alicyclic amines) is 1. The van der Waals surface area contributed by atoms with Crippen LogP contribution in [-0.4, -0.2) is 54.3 Å². The third-order valence-corrected chi connectivity index (χ3v) is 5.33. The average Bonchev–Trinajstić information content (AvgIpc) is 3.00. The summed E-state index contributed by atoms with van der Waals surface area (Å²) >= 11 is 1.94. The van der Waals surface area contributed by atoms with Crippen LogP contribution in [0.3, 0.4) is 0 Å². The standard InChI is InChI=1S/C16H24N2O2S/c1-13-3-2-4-15(17-13)21-14-5-8-18(9-6-14)10-7-16-19-11-12-20-16/h2-4,14,16H,5-12H2,1H3. The third kappa shape index (κ3) is 4.68. The van der Waals surface area contributed by atoms with E-state index in [2.05, 4.69) is 35.0 Å². The van der Waals surface area contributed by atoms with Gasteiger partial charge in [-0.15, -0.1) is 11.8 Å². The van der Waals surface area contributed by atoms with Crippen LogP contribution in [0.2, 0.25) is 0 Å². The molecule has 0 aliphatic carbocycles. The van der Waals surface area contributed by atoms with Crippen LogP contribution in [0.15, 0.2) is 23.2 Å². The predicted molar refractivity (Wildman–Crippen MR) is 84.6 cm³/mol. The third-order valence-electron chi connectivity index (χ3n) is 4.06. The topological polar surface area (TPSA) is 34.6 Å². The lowest BCUT2D eigenvalue weighted by Gasteiger charge is -2.31. The molecule has 0 aromatic carbocycles. The minimum Gasteiger partial charge on any atom is -0.350 e. The summed E-state index contributed by atoms with van der Waals surface area (Å²) in [6, 6.07) is 6.28. The summed E-state index contributed by atoms with van der Waals surface area (Å²) in [5.41, 5.74) is 1.11. The molecule has 0 amide bonds. The summed E-state index contributed by atoms with van der Waals surface area (Å²) < 4.78 is 11.0. The Morgan fingerprint density at radius 1 is 1.24 bits per heavy atom. The number of aryl methyl sites for hydroxylation is 1. The molecule has 0 atom stereocenters. The number of ether oxygens (including phenoxy) is 2. The zero-order valence-corrected chi connectivity index (χ0v) is 13.5. The van der Waals surface area contributed by atoms with Crippen molar-refractivity contribution >= 4 is 11.8 Å². The van der Waals surface area contributed by atoms with E-state index in [1.54, 1.807) is 0 Å². The number of rotatable bonds is 5. The maximum absolute atomic E-state index is 5.49. The van der Waals surface area contributed by atoms with Gasteiger partial charge < -0.3 is 14.4 Å². The van der Waals surface area contributed by atoms with Gasteiger partial charge >= 0.3 is 0 Å². The minimum absolute atomic E-state index is 0.0357. The molecule has 0 radical (unpaired) electrons. The molecule has 4 nitrogen and oxygen atoms in total. The van der Waals surface area contributed by atoms with Crippen molar-refractivity contribution in [1.29, 1.82) is 0 Å². The van der Waals surface area contributed by atoms with Gasteiger partial charge in [-0.1, -0.05) is 6.07 Å². The summed E-state index contributed by atoms with van der Waals surface area (Å²) in [7, 11) is 0. The van der Waals surface area contributed by atoms with Crippen LogP contribution < -0.4 is 0 Å². The summed E-state index contributed by atoms with van der Waals surface area (Å²) in [6.45, 7) is 7.01. The monoisotopic (exact) mass is 308 g/mol. The van der Waals surface area contributed by atoms with Gasteiger partial charge in [0.1, 0.15) is 0 Å². The summed E-state index contributed by atoms with van der Waals surface area (Å²) in [4.78, 5) is 7.12. The van der Waals surface area contributed by atoms with E-state index in [1.807, 2.05) is 11.8 Å². The number of pyridine rings is 1. The van der Waals surface area contributed by atoms with Gasteiger partial charge in [0.2, 0.25) is 0 Å². The SMILES string of the molecule is Cc1cccc(SC2CCN(CCC3OCCO3)CC2)n1. The van der Waals surface area contributed by atoms with Crippen molar-refractivity contribution in [3.8, 4) is 0 Å². The van der Waals surface area contributed by atoms with Crippen LogP contribution >= 0.6 is 11.8 Å². The molecule has 2 fully saturated rings. The number of aromatic nitrogens is 1. The van der Waals surface area contributed by atoms with E-state index < -0.39 is 0 Å². The fourth-order valence-corrected chi connectivity index (χ4v) is 4.01. The first-order valence-electron chi connectivity index (χ1n) is 7.85. The second-order valence-corrected chi connectivity index (χ2v) is 7.06. The molecule has 0 saturated carbocycles. The van der Waals surface area contributed by atoms with Crippen molar-refractivity contribution in [1.82, 2.24) is 9.88 Å². The summed E-state index contributed by atoms with van der Waals surface area (Å²) in [5, 5.41) is 1.87. The van der Waals surface area contributed by atoms with Crippen LogP contribution in [0.5, 0.6) is 0 Å². The molecule has 116 valence electrons. The molecule has 3 heterocycles. The first kappa shape index (κ1) is 15.3. The highest BCUT2D eigenvalue weighted by molar-refractivity contribution is 7.99. The Morgan fingerprint density at radius 3 is 2.71 bits per heavy atom. The number of hydrogen-bond acceptors (Lipinski definition) is 5. The molecule has 0 spiro atoms. The maximum Gasteiger partial charge on any atom is 0.159 e. The second kappa shape index (κ2) is 7.58. The van der Waals surface area contributed by atoms with Crippen molar-refractivity contribution in [2.75, 3.05) is 32.8 Å². The van der Waals surface area contributed by atoms with Crippen LogP contribution in [0.1, 0.15) is 25.0 Å². The van der Waals surface area contributed by atoms with Crippen LogP contribution in [-0.2, 0) is 9.47 Å². The van der Waals surface area contributed by atoms with E-state index in [-0.39, 0.29) is 6.29 Å². The van der Waals surface area contributed by atoms with Crippen molar-refractivity contribution in [2.24, 2.45) is 0 Å². The number of hydrogen-bond donors (Lipinski definition) is 0. The number of thioether (sulfide) groups is 1. The highest BCUT2D eigenvalue weighted by Crippen LogP contribution is 2.29. The van der Waals surface area contributed by atoms with Crippen LogP contribution in [0.25, 0.3) is 0 Å². The fourth-order valence-electron chi connectivity index (χ4n) is 2.87. The zero-order chi connectivity index (χ0) is 14.5. The van der Waals surface area contributed by atoms with Crippen molar-refractivity contribution in [3.05, 3.63) is 23.9 Å². The van der Waals surface area contributed by atoms with E-state index >= 15 is 0 Å². The Morgan fingerprint density at radius 2 is 2.00 bits per heavy atom. The highest BCUT2D eigenvalue weighted by atomic mass is 32.2.